The molecule has 0 N–H and O–H groups in total. The van der Waals surface area contributed by atoms with E-state index >= 15 is 0 Å². The molecule has 2 aliphatic heterocycles. The molecule has 9 heteroatoms. The molecule has 30 heavy (non-hydrogen) atoms. The molecule has 8 nitrogen and oxygen atoms in total. The van der Waals surface area contributed by atoms with Crippen molar-refractivity contribution in [2.45, 2.75) is 17.4 Å². The molecule has 2 aromatic rings. The molecular formula is C21H22N2O6S. The highest BCUT2D eigenvalue weighted by molar-refractivity contribution is 7.89. The van der Waals surface area contributed by atoms with Gasteiger partial charge in [-0.25, -0.2) is 18.0 Å². The van der Waals surface area contributed by atoms with Crippen LogP contribution in [-0.2, 0) is 24.3 Å². The van der Waals surface area contributed by atoms with Crippen LogP contribution in [0.15, 0.2) is 59.5 Å². The second-order valence-electron chi connectivity index (χ2n) is 7.10. The highest BCUT2D eigenvalue weighted by Crippen LogP contribution is 2.22. The predicted octanol–water partition coefficient (Wildman–Crippen LogP) is 1.67. The number of esters is 2. The zero-order chi connectivity index (χ0) is 21.1. The summed E-state index contributed by atoms with van der Waals surface area (Å²) >= 11 is 0. The summed E-state index contributed by atoms with van der Waals surface area (Å²) in [6.45, 7) is 2.06. The van der Waals surface area contributed by atoms with Gasteiger partial charge in [-0.2, -0.15) is 4.31 Å². The SMILES string of the molecule is O=C(OC1CCOC1=O)c1cccc(S(=O)(=O)N2CCN(c3ccccc3)CC2)c1. The number of anilines is 1. The molecule has 2 heterocycles. The smallest absolute Gasteiger partial charge is 0.347 e. The second-order valence-corrected chi connectivity index (χ2v) is 9.04. The van der Waals surface area contributed by atoms with Gasteiger partial charge < -0.3 is 14.4 Å². The van der Waals surface area contributed by atoms with Crippen LogP contribution in [0.1, 0.15) is 16.8 Å². The van der Waals surface area contributed by atoms with Gasteiger partial charge in [-0.05, 0) is 30.3 Å². The van der Waals surface area contributed by atoms with Gasteiger partial charge in [0.1, 0.15) is 0 Å². The molecular weight excluding hydrogens is 408 g/mol. The van der Waals surface area contributed by atoms with Gasteiger partial charge in [-0.1, -0.05) is 24.3 Å². The molecule has 0 aliphatic carbocycles. The number of rotatable bonds is 5. The number of piperazine rings is 1. The monoisotopic (exact) mass is 430 g/mol. The first-order chi connectivity index (χ1) is 14.4. The number of hydrogen-bond acceptors (Lipinski definition) is 7. The summed E-state index contributed by atoms with van der Waals surface area (Å²) in [4.78, 5) is 26.0. The molecule has 0 amide bonds. The van der Waals surface area contributed by atoms with Gasteiger partial charge in [-0.15, -0.1) is 0 Å². The maximum atomic E-state index is 13.1. The topological polar surface area (TPSA) is 93.2 Å². The van der Waals surface area contributed by atoms with Gasteiger partial charge in [0.05, 0.1) is 17.1 Å². The van der Waals surface area contributed by atoms with Gasteiger partial charge in [0.25, 0.3) is 0 Å². The molecule has 0 bridgehead atoms. The lowest BCUT2D eigenvalue weighted by Gasteiger charge is -2.35. The van der Waals surface area contributed by atoms with Crippen molar-refractivity contribution in [3.05, 3.63) is 60.2 Å². The zero-order valence-corrected chi connectivity index (χ0v) is 17.1. The summed E-state index contributed by atoms with van der Waals surface area (Å²) in [6, 6.07) is 15.6. The Kier molecular flexibility index (Phi) is 5.74. The molecule has 0 radical (unpaired) electrons. The molecule has 2 fully saturated rings. The van der Waals surface area contributed by atoms with Crippen LogP contribution in [0.3, 0.4) is 0 Å². The molecule has 4 rings (SSSR count). The number of sulfonamides is 1. The third kappa shape index (κ3) is 4.17. The fraction of sp³-hybridized carbons (Fsp3) is 0.333. The lowest BCUT2D eigenvalue weighted by Crippen LogP contribution is -2.48. The van der Waals surface area contributed by atoms with Crippen LogP contribution in [0.5, 0.6) is 0 Å². The van der Waals surface area contributed by atoms with E-state index in [4.69, 9.17) is 9.47 Å². The highest BCUT2D eigenvalue weighted by atomic mass is 32.2. The van der Waals surface area contributed by atoms with E-state index in [1.54, 1.807) is 0 Å². The molecule has 2 aromatic carbocycles. The Morgan fingerprint density at radius 2 is 1.73 bits per heavy atom. The summed E-state index contributed by atoms with van der Waals surface area (Å²) in [5.41, 5.74) is 1.14. The Morgan fingerprint density at radius 3 is 2.40 bits per heavy atom. The summed E-state index contributed by atoms with van der Waals surface area (Å²) < 4.78 is 37.5. The minimum atomic E-state index is -3.75. The summed E-state index contributed by atoms with van der Waals surface area (Å²) in [7, 11) is -3.75. The van der Waals surface area contributed by atoms with E-state index in [0.29, 0.717) is 32.6 Å². The van der Waals surface area contributed by atoms with Crippen LogP contribution in [0.2, 0.25) is 0 Å². The Balaban J connectivity index is 1.45. The molecule has 0 saturated carbocycles. The number of ether oxygens (including phenoxy) is 2. The van der Waals surface area contributed by atoms with Gasteiger partial charge in [0.15, 0.2) is 0 Å². The minimum absolute atomic E-state index is 0.0270. The molecule has 1 unspecified atom stereocenters. The van der Waals surface area contributed by atoms with Crippen LogP contribution in [0.25, 0.3) is 0 Å². The van der Waals surface area contributed by atoms with Crippen molar-refractivity contribution < 1.29 is 27.5 Å². The van der Waals surface area contributed by atoms with Gasteiger partial charge >= 0.3 is 11.9 Å². The lowest BCUT2D eigenvalue weighted by atomic mass is 10.2. The number of carbonyl (C=O) groups excluding carboxylic acids is 2. The van der Waals surface area contributed by atoms with E-state index in [1.165, 1.54) is 28.6 Å². The van der Waals surface area contributed by atoms with Crippen molar-refractivity contribution in [3.8, 4) is 0 Å². The van der Waals surface area contributed by atoms with E-state index in [2.05, 4.69) is 4.90 Å². The average Bonchev–Trinajstić information content (AvgIpc) is 3.19. The summed E-state index contributed by atoms with van der Waals surface area (Å²) in [6.07, 6.45) is -0.641. The summed E-state index contributed by atoms with van der Waals surface area (Å²) in [5.74, 6) is -1.33. The second kappa shape index (κ2) is 8.45. The predicted molar refractivity (Wildman–Crippen MR) is 109 cm³/mol. The van der Waals surface area contributed by atoms with Crippen LogP contribution in [0, 0.1) is 0 Å². The fourth-order valence-corrected chi connectivity index (χ4v) is 5.01. The number of para-hydroxylation sites is 1. The third-order valence-corrected chi connectivity index (χ3v) is 7.10. The molecule has 2 aliphatic rings. The van der Waals surface area contributed by atoms with Gasteiger partial charge in [0, 0.05) is 38.3 Å². The Hall–Kier alpha value is -2.91. The number of benzene rings is 2. The van der Waals surface area contributed by atoms with E-state index in [1.807, 2.05) is 30.3 Å². The highest BCUT2D eigenvalue weighted by Gasteiger charge is 2.32. The first-order valence-corrected chi connectivity index (χ1v) is 11.2. The number of cyclic esters (lactones) is 1. The van der Waals surface area contributed by atoms with Gasteiger partial charge in [0.2, 0.25) is 16.1 Å². The van der Waals surface area contributed by atoms with E-state index < -0.39 is 28.1 Å². The Labute approximate surface area is 175 Å². The molecule has 158 valence electrons. The van der Waals surface area contributed by atoms with Crippen molar-refractivity contribution in [2.75, 3.05) is 37.7 Å². The quantitative estimate of drug-likeness (QED) is 0.666. The zero-order valence-electron chi connectivity index (χ0n) is 16.3. The largest absolute Gasteiger partial charge is 0.463 e. The van der Waals surface area contributed by atoms with Crippen molar-refractivity contribution in [1.82, 2.24) is 4.31 Å². The average molecular weight is 430 g/mol. The maximum absolute atomic E-state index is 13.1. The number of hydrogen-bond donors (Lipinski definition) is 0. The molecule has 0 aromatic heterocycles. The standard InChI is InChI=1S/C21H22N2O6S/c24-20(29-19-9-14-28-21(19)25)16-5-4-8-18(15-16)30(26,27)23-12-10-22(11-13-23)17-6-2-1-3-7-17/h1-8,15,19H,9-14H2. The lowest BCUT2D eigenvalue weighted by molar-refractivity contribution is -0.145. The van der Waals surface area contributed by atoms with Crippen LogP contribution in [-0.4, -0.2) is 63.6 Å². The van der Waals surface area contributed by atoms with Crippen molar-refractivity contribution >= 4 is 27.6 Å². The van der Waals surface area contributed by atoms with E-state index in [9.17, 15) is 18.0 Å². The Bertz CT molecular complexity index is 1030. The van der Waals surface area contributed by atoms with E-state index in [-0.39, 0.29) is 17.1 Å². The van der Waals surface area contributed by atoms with E-state index in [0.717, 1.165) is 5.69 Å². The van der Waals surface area contributed by atoms with Crippen LogP contribution >= 0.6 is 0 Å². The number of carbonyl (C=O) groups is 2. The first-order valence-electron chi connectivity index (χ1n) is 9.73. The molecule has 1 atom stereocenters. The van der Waals surface area contributed by atoms with Crippen LogP contribution < -0.4 is 4.90 Å². The van der Waals surface area contributed by atoms with Crippen molar-refractivity contribution in [3.63, 3.8) is 0 Å². The molecule has 0 spiro atoms. The maximum Gasteiger partial charge on any atom is 0.347 e. The first kappa shape index (κ1) is 20.4. The summed E-state index contributed by atoms with van der Waals surface area (Å²) in [5, 5.41) is 0. The third-order valence-electron chi connectivity index (χ3n) is 5.20. The molecule has 2 saturated heterocycles. The number of nitrogens with zero attached hydrogens (tertiary/aromatic N) is 2. The fourth-order valence-electron chi connectivity index (χ4n) is 3.54. The van der Waals surface area contributed by atoms with Crippen molar-refractivity contribution in [2.24, 2.45) is 0 Å². The minimum Gasteiger partial charge on any atom is -0.463 e. The van der Waals surface area contributed by atoms with Crippen molar-refractivity contribution in [1.29, 1.82) is 0 Å². The van der Waals surface area contributed by atoms with Gasteiger partial charge in [-0.3, -0.25) is 0 Å². The van der Waals surface area contributed by atoms with Crippen LogP contribution in [0.4, 0.5) is 5.69 Å². The normalized spacial score (nSPS) is 20.1. The Morgan fingerprint density at radius 1 is 1.00 bits per heavy atom.